The van der Waals surface area contributed by atoms with Gasteiger partial charge in [-0.25, -0.2) is 0 Å². The van der Waals surface area contributed by atoms with Crippen LogP contribution in [0.25, 0.3) is 0 Å². The van der Waals surface area contributed by atoms with Crippen LogP contribution in [-0.4, -0.2) is 4.98 Å². The first-order chi connectivity index (χ1) is 9.84. The Kier molecular flexibility index (Phi) is 3.60. The zero-order valence-corrected chi connectivity index (χ0v) is 11.5. The van der Waals surface area contributed by atoms with Crippen molar-refractivity contribution in [3.63, 3.8) is 0 Å². The summed E-state index contributed by atoms with van der Waals surface area (Å²) in [4.78, 5) is 4.73. The van der Waals surface area contributed by atoms with Crippen LogP contribution in [0.15, 0.2) is 78.9 Å². The van der Waals surface area contributed by atoms with Crippen molar-refractivity contribution in [3.05, 3.63) is 101 Å². The molecule has 0 aliphatic carbocycles. The van der Waals surface area contributed by atoms with Gasteiger partial charge in [0.25, 0.3) is 0 Å². The Bertz CT molecular complexity index is 635. The van der Waals surface area contributed by atoms with Crippen LogP contribution in [0.5, 0.6) is 0 Å². The zero-order chi connectivity index (χ0) is 13.8. The molecule has 0 spiro atoms. The molecule has 0 radical (unpaired) electrons. The molecular formula is C19H17N. The number of aromatic nitrogens is 1. The molecule has 0 N–H and O–H groups in total. The van der Waals surface area contributed by atoms with E-state index >= 15 is 0 Å². The molecule has 0 aliphatic heterocycles. The largest absolute Gasteiger partial charge is 0.257 e. The fraction of sp³-hybridized carbons (Fsp3) is 0.105. The molecule has 20 heavy (non-hydrogen) atoms. The molecule has 0 fully saturated rings. The van der Waals surface area contributed by atoms with Gasteiger partial charge in [-0.1, -0.05) is 66.7 Å². The zero-order valence-electron chi connectivity index (χ0n) is 11.5. The maximum Gasteiger partial charge on any atom is 0.0525 e. The van der Waals surface area contributed by atoms with Crippen LogP contribution in [0.2, 0.25) is 0 Å². The molecule has 1 heteroatoms. The second-order valence-electron chi connectivity index (χ2n) is 4.96. The van der Waals surface area contributed by atoms with Crippen LogP contribution in [-0.2, 0) is 0 Å². The first-order valence-corrected chi connectivity index (χ1v) is 6.88. The molecule has 0 atom stereocenters. The molecule has 0 saturated carbocycles. The van der Waals surface area contributed by atoms with Crippen LogP contribution in [0, 0.1) is 6.92 Å². The van der Waals surface area contributed by atoms with Crippen molar-refractivity contribution in [1.29, 1.82) is 0 Å². The lowest BCUT2D eigenvalue weighted by atomic mass is 9.88. The van der Waals surface area contributed by atoms with E-state index in [0.717, 1.165) is 11.4 Å². The van der Waals surface area contributed by atoms with E-state index < -0.39 is 0 Å². The molecular weight excluding hydrogens is 242 g/mol. The third kappa shape index (κ3) is 2.62. The number of aryl methyl sites for hydroxylation is 1. The van der Waals surface area contributed by atoms with E-state index in [2.05, 4.69) is 72.8 Å². The first-order valence-electron chi connectivity index (χ1n) is 6.88. The number of pyridine rings is 1. The summed E-state index contributed by atoms with van der Waals surface area (Å²) in [6.07, 6.45) is 0. The summed E-state index contributed by atoms with van der Waals surface area (Å²) >= 11 is 0. The van der Waals surface area contributed by atoms with Gasteiger partial charge in [-0.15, -0.1) is 0 Å². The van der Waals surface area contributed by atoms with Crippen molar-refractivity contribution < 1.29 is 0 Å². The van der Waals surface area contributed by atoms with Crippen LogP contribution < -0.4 is 0 Å². The van der Waals surface area contributed by atoms with Gasteiger partial charge >= 0.3 is 0 Å². The molecule has 0 saturated heterocycles. The average molecular weight is 259 g/mol. The topological polar surface area (TPSA) is 12.9 Å². The van der Waals surface area contributed by atoms with Crippen molar-refractivity contribution in [2.24, 2.45) is 0 Å². The highest BCUT2D eigenvalue weighted by atomic mass is 14.7. The third-order valence-electron chi connectivity index (χ3n) is 3.47. The molecule has 3 rings (SSSR count). The Morgan fingerprint density at radius 2 is 1.20 bits per heavy atom. The van der Waals surface area contributed by atoms with E-state index in [0.29, 0.717) is 0 Å². The van der Waals surface area contributed by atoms with Gasteiger partial charge in [0.15, 0.2) is 0 Å². The SMILES string of the molecule is Cc1cccc(C(c2ccccc2)c2ccccc2)n1. The van der Waals surface area contributed by atoms with Gasteiger partial charge in [-0.3, -0.25) is 4.98 Å². The van der Waals surface area contributed by atoms with Crippen molar-refractivity contribution >= 4 is 0 Å². The van der Waals surface area contributed by atoms with Gasteiger partial charge in [-0.05, 0) is 30.2 Å². The molecule has 3 aromatic rings. The minimum Gasteiger partial charge on any atom is -0.257 e. The number of hydrogen-bond donors (Lipinski definition) is 0. The van der Waals surface area contributed by atoms with Gasteiger partial charge in [-0.2, -0.15) is 0 Å². The van der Waals surface area contributed by atoms with Crippen LogP contribution >= 0.6 is 0 Å². The van der Waals surface area contributed by atoms with E-state index in [4.69, 9.17) is 4.98 Å². The van der Waals surface area contributed by atoms with E-state index in [9.17, 15) is 0 Å². The van der Waals surface area contributed by atoms with Crippen LogP contribution in [0.1, 0.15) is 28.4 Å². The second-order valence-corrected chi connectivity index (χ2v) is 4.96. The van der Waals surface area contributed by atoms with Gasteiger partial charge < -0.3 is 0 Å². The van der Waals surface area contributed by atoms with Crippen LogP contribution in [0.4, 0.5) is 0 Å². The smallest absolute Gasteiger partial charge is 0.0525 e. The lowest BCUT2D eigenvalue weighted by Gasteiger charge is -2.18. The highest BCUT2D eigenvalue weighted by Gasteiger charge is 2.17. The Labute approximate surface area is 119 Å². The number of hydrogen-bond acceptors (Lipinski definition) is 1. The fourth-order valence-electron chi connectivity index (χ4n) is 2.55. The number of benzene rings is 2. The van der Waals surface area contributed by atoms with Crippen LogP contribution in [0.3, 0.4) is 0 Å². The summed E-state index contributed by atoms with van der Waals surface area (Å²) in [5.74, 6) is 0.192. The Morgan fingerprint density at radius 3 is 1.70 bits per heavy atom. The summed E-state index contributed by atoms with van der Waals surface area (Å²) in [7, 11) is 0. The van der Waals surface area contributed by atoms with E-state index in [-0.39, 0.29) is 5.92 Å². The third-order valence-corrected chi connectivity index (χ3v) is 3.47. The first kappa shape index (κ1) is 12.6. The van der Waals surface area contributed by atoms with Gasteiger partial charge in [0, 0.05) is 5.69 Å². The molecule has 0 amide bonds. The van der Waals surface area contributed by atoms with Gasteiger partial charge in [0.1, 0.15) is 0 Å². The minimum atomic E-state index is 0.192. The molecule has 0 unspecified atom stereocenters. The summed E-state index contributed by atoms with van der Waals surface area (Å²) in [6, 6.07) is 27.3. The average Bonchev–Trinajstić information content (AvgIpc) is 2.50. The summed E-state index contributed by atoms with van der Waals surface area (Å²) < 4.78 is 0. The van der Waals surface area contributed by atoms with Crippen molar-refractivity contribution in [3.8, 4) is 0 Å². The number of nitrogens with zero attached hydrogens (tertiary/aromatic N) is 1. The van der Waals surface area contributed by atoms with Gasteiger partial charge in [0.2, 0.25) is 0 Å². The Balaban J connectivity index is 2.14. The lowest BCUT2D eigenvalue weighted by Crippen LogP contribution is -2.05. The fourth-order valence-corrected chi connectivity index (χ4v) is 2.55. The molecule has 1 heterocycles. The normalized spacial score (nSPS) is 10.7. The van der Waals surface area contributed by atoms with E-state index in [1.807, 2.05) is 13.0 Å². The summed E-state index contributed by atoms with van der Waals surface area (Å²) in [5.41, 5.74) is 4.70. The van der Waals surface area contributed by atoms with E-state index in [1.54, 1.807) is 0 Å². The maximum absolute atomic E-state index is 4.73. The van der Waals surface area contributed by atoms with Crippen molar-refractivity contribution in [2.75, 3.05) is 0 Å². The monoisotopic (exact) mass is 259 g/mol. The maximum atomic E-state index is 4.73. The minimum absolute atomic E-state index is 0.192. The summed E-state index contributed by atoms with van der Waals surface area (Å²) in [6.45, 7) is 2.04. The van der Waals surface area contributed by atoms with Crippen molar-refractivity contribution in [2.45, 2.75) is 12.8 Å². The molecule has 0 bridgehead atoms. The van der Waals surface area contributed by atoms with Gasteiger partial charge in [0.05, 0.1) is 11.6 Å². The quantitative estimate of drug-likeness (QED) is 0.671. The van der Waals surface area contributed by atoms with E-state index in [1.165, 1.54) is 11.1 Å². The standard InChI is InChI=1S/C19H17N/c1-15-9-8-14-18(20-15)19(16-10-4-2-5-11-16)17-12-6-3-7-13-17/h2-14,19H,1H3. The Hall–Kier alpha value is -2.41. The predicted molar refractivity (Wildman–Crippen MR) is 82.8 cm³/mol. The van der Waals surface area contributed by atoms with Crippen molar-refractivity contribution in [1.82, 2.24) is 4.98 Å². The molecule has 1 aromatic heterocycles. The lowest BCUT2D eigenvalue weighted by molar-refractivity contribution is 0.906. The molecule has 2 aromatic carbocycles. The molecule has 0 aliphatic rings. The second kappa shape index (κ2) is 5.70. The molecule has 98 valence electrons. The predicted octanol–water partition coefficient (Wildman–Crippen LogP) is 4.57. The molecule has 1 nitrogen and oxygen atoms in total. The number of rotatable bonds is 3. The highest BCUT2D eigenvalue weighted by molar-refractivity contribution is 5.40. The highest BCUT2D eigenvalue weighted by Crippen LogP contribution is 2.30. The summed E-state index contributed by atoms with van der Waals surface area (Å²) in [5, 5.41) is 0. The Morgan fingerprint density at radius 1 is 0.650 bits per heavy atom.